The van der Waals surface area contributed by atoms with Gasteiger partial charge in [0.05, 0.1) is 71.2 Å². The molecule has 3 fully saturated rings. The lowest BCUT2D eigenvalue weighted by molar-refractivity contribution is -0.134. The monoisotopic (exact) mass is 1740 g/mol. The van der Waals surface area contributed by atoms with Crippen molar-refractivity contribution in [2.45, 2.75) is 108 Å². The Kier molecular flexibility index (Phi) is 27.5. The highest BCUT2D eigenvalue weighted by Gasteiger charge is 2.39. The van der Waals surface area contributed by atoms with E-state index in [1.807, 2.05) is 153 Å². The third-order valence-corrected chi connectivity index (χ3v) is 23.9. The van der Waals surface area contributed by atoms with E-state index >= 15 is 0 Å². The smallest absolute Gasteiger partial charge is 0.333 e. The number of urea groups is 1. The molecule has 6 aliphatic rings. The first kappa shape index (κ1) is 85.9. The van der Waals surface area contributed by atoms with Crippen LogP contribution in [0.25, 0.3) is 40.3 Å². The van der Waals surface area contributed by atoms with Crippen LogP contribution in [0.3, 0.4) is 0 Å². The number of likely N-dealkylation sites (N-methyl/N-ethyl adjacent to an activating group) is 2. The number of halogens is 1. The Hall–Kier alpha value is -12.0. The number of ketones is 3. The second-order valence-corrected chi connectivity index (χ2v) is 33.5. The van der Waals surface area contributed by atoms with Gasteiger partial charge in [0.25, 0.3) is 28.9 Å². The number of amides is 7. The molecule has 13 heterocycles. The predicted octanol–water partition coefficient (Wildman–Crippen LogP) is 19.1. The average Bonchev–Trinajstić information content (AvgIpc) is 1.60. The van der Waals surface area contributed by atoms with Crippen LogP contribution in [0.15, 0.2) is 283 Å². The van der Waals surface area contributed by atoms with Crippen molar-refractivity contribution in [3.8, 4) is 0 Å². The fourth-order valence-corrected chi connectivity index (χ4v) is 17.8. The van der Waals surface area contributed by atoms with E-state index in [-0.39, 0.29) is 64.5 Å². The number of allylic oxidation sites excluding steroid dienone is 1. The lowest BCUT2D eigenvalue weighted by Gasteiger charge is -2.28. The quantitative estimate of drug-likeness (QED) is 0.0515. The highest BCUT2D eigenvalue weighted by Crippen LogP contribution is 2.41. The number of nitrogens with two attached hydrogens (primary N) is 1. The highest BCUT2D eigenvalue weighted by atomic mass is 35.5. The van der Waals surface area contributed by atoms with E-state index in [2.05, 4.69) is 48.6 Å². The summed E-state index contributed by atoms with van der Waals surface area (Å²) in [5.41, 5.74) is 16.7. The summed E-state index contributed by atoms with van der Waals surface area (Å²) >= 11 is 8.10. The van der Waals surface area contributed by atoms with E-state index in [0.717, 1.165) is 118 Å². The van der Waals surface area contributed by atoms with Crippen LogP contribution in [0.5, 0.6) is 0 Å². The van der Waals surface area contributed by atoms with Crippen molar-refractivity contribution in [1.29, 1.82) is 0 Å². The molecule has 33 heteroatoms. The molecule has 0 bridgehead atoms. The van der Waals surface area contributed by atoms with Gasteiger partial charge in [0.1, 0.15) is 22.9 Å². The molecule has 3 N–H and O–H groups in total. The number of aromatic nitrogens is 4. The number of carbonyl (C=O) groups is 9. The number of fused-ring (bicyclic) bond motifs is 5. The highest BCUT2D eigenvalue weighted by molar-refractivity contribution is 8.18. The molecule has 0 atom stereocenters. The number of nitrogens with one attached hydrogen (secondary N) is 1. The summed E-state index contributed by atoms with van der Waals surface area (Å²) in [5, 5.41) is 10.2. The molecule has 0 aliphatic carbocycles. The normalized spacial score (nSPS) is 15.3. The first-order valence-electron chi connectivity index (χ1n) is 37.1. The van der Waals surface area contributed by atoms with Crippen molar-refractivity contribution < 1.29 is 65.2 Å². The molecule has 7 amide bonds. The van der Waals surface area contributed by atoms with E-state index in [9.17, 15) is 43.2 Å². The summed E-state index contributed by atoms with van der Waals surface area (Å²) < 4.78 is 32.4. The van der Waals surface area contributed by atoms with Crippen LogP contribution in [0.4, 0.5) is 26.7 Å². The summed E-state index contributed by atoms with van der Waals surface area (Å²) in [7, 11) is 4.63. The Labute approximate surface area is 719 Å². The predicted molar refractivity (Wildman–Crippen MR) is 469 cm³/mol. The van der Waals surface area contributed by atoms with Crippen LogP contribution in [0.2, 0.25) is 0 Å². The number of nitrogens with zero attached hydrogens (tertiary/aromatic N) is 10. The zero-order valence-electron chi connectivity index (χ0n) is 65.4. The van der Waals surface area contributed by atoms with Gasteiger partial charge in [-0.05, 0) is 229 Å². The van der Waals surface area contributed by atoms with Crippen LogP contribution in [0, 0.1) is 0 Å². The van der Waals surface area contributed by atoms with Crippen molar-refractivity contribution in [3.63, 3.8) is 0 Å². The van der Waals surface area contributed by atoms with Gasteiger partial charge >= 0.3 is 6.03 Å². The van der Waals surface area contributed by atoms with Gasteiger partial charge in [-0.3, -0.25) is 53.1 Å². The molecule has 0 saturated carbocycles. The number of hydrogen-bond donors (Lipinski definition) is 2. The van der Waals surface area contributed by atoms with Gasteiger partial charge in [-0.15, -0.1) is 12.4 Å². The van der Waals surface area contributed by atoms with Crippen LogP contribution in [-0.4, -0.2) is 128 Å². The summed E-state index contributed by atoms with van der Waals surface area (Å²) in [6.45, 7) is 11.6. The topological polar surface area (TPSA) is 340 Å². The lowest BCUT2D eigenvalue weighted by Crippen LogP contribution is -2.52. The third kappa shape index (κ3) is 20.3. The van der Waals surface area contributed by atoms with Crippen molar-refractivity contribution in [2.24, 2.45) is 27.8 Å². The Balaban J connectivity index is 0.000000131. The molecule has 18 rings (SSSR count). The number of carbonyl (C=O) groups excluding carboxylic acids is 9. The first-order chi connectivity index (χ1) is 57.4. The maximum absolute atomic E-state index is 12.4. The number of hydrogen-bond acceptors (Lipinski definition) is 26. The molecule has 12 aromatic rings. The number of benzene rings is 5. The number of aryl methyl sites for hydroxylation is 2. The second-order valence-electron chi connectivity index (χ2n) is 27.3. The molecule has 5 aromatic carbocycles. The van der Waals surface area contributed by atoms with Crippen molar-refractivity contribution in [1.82, 2.24) is 39.1 Å². The Morgan fingerprint density at radius 2 is 0.925 bits per heavy atom. The van der Waals surface area contributed by atoms with Crippen molar-refractivity contribution in [2.75, 3.05) is 20.6 Å². The molecular weight excluding hydrogens is 1660 g/mol. The number of para-hydroxylation sites is 7. The van der Waals surface area contributed by atoms with Gasteiger partial charge in [-0.1, -0.05) is 85.4 Å². The Morgan fingerprint density at radius 1 is 0.508 bits per heavy atom. The SMILES string of the molecule is C=C1CC(=O)/C(=C\c2ccc(SC3=Nc4ccccc4C3)o2)C(=O)N1.CC(=O)c1ccc(SC2=Nc3ccccc3C2)o1.CC(=O)c1ccc(Sc2nc3ccccc3n2C)o1.CC(C)N1C(=O)S/C(=C\c2ccc(Sc3nc4ccccc4n3CCCN)o2)C1=O.CN1C(=O)C(=Cc2ccc(SC3=Nc4ccccc4C3)o2)C(=O)N(C)C1=O.Cl. The third-order valence-electron chi connectivity index (χ3n) is 18.4. The van der Waals surface area contributed by atoms with Gasteiger partial charge in [0.15, 0.2) is 64.6 Å². The van der Waals surface area contributed by atoms with Gasteiger partial charge in [0, 0.05) is 78.6 Å². The van der Waals surface area contributed by atoms with E-state index in [1.165, 1.54) is 120 Å². The van der Waals surface area contributed by atoms with E-state index in [0.29, 0.717) is 71.4 Å². The van der Waals surface area contributed by atoms with Crippen molar-refractivity contribution in [3.05, 3.63) is 256 Å². The molecule has 6 aliphatic heterocycles. The molecule has 0 spiro atoms. The Bertz CT molecular complexity index is 6220. The number of thioether (sulfide) groups is 4. The van der Waals surface area contributed by atoms with Gasteiger partial charge in [-0.2, -0.15) is 0 Å². The van der Waals surface area contributed by atoms with Gasteiger partial charge in [0.2, 0.25) is 0 Å². The number of imide groups is 3. The van der Waals surface area contributed by atoms with Crippen LogP contribution in [0.1, 0.15) is 95.6 Å². The van der Waals surface area contributed by atoms with E-state index in [1.54, 1.807) is 48.5 Å². The Morgan fingerprint density at radius 3 is 1.38 bits per heavy atom. The molecule has 0 radical (unpaired) electrons. The molecular formula is C87H75ClN12O14S6. The van der Waals surface area contributed by atoms with E-state index < -0.39 is 23.8 Å². The zero-order valence-corrected chi connectivity index (χ0v) is 71.1. The van der Waals surface area contributed by atoms with Crippen LogP contribution < -0.4 is 11.1 Å². The van der Waals surface area contributed by atoms with Gasteiger partial charge in [-0.25, -0.2) is 29.7 Å². The molecule has 7 aromatic heterocycles. The molecule has 3 saturated heterocycles. The molecule has 610 valence electrons. The van der Waals surface area contributed by atoms with Crippen molar-refractivity contribution >= 4 is 208 Å². The molecule has 26 nitrogen and oxygen atoms in total. The number of barbiturate groups is 1. The summed E-state index contributed by atoms with van der Waals surface area (Å²) in [6, 6.07) is 56.8. The lowest BCUT2D eigenvalue weighted by atomic mass is 10.0. The van der Waals surface area contributed by atoms with Gasteiger partial charge < -0.3 is 42.3 Å². The fourth-order valence-electron chi connectivity index (χ4n) is 12.5. The number of furan rings is 5. The number of rotatable bonds is 16. The minimum Gasteiger partial charge on any atom is -0.450 e. The fraction of sp³-hybridized carbons (Fsp3) is 0.172. The standard InChI is InChI=1S/C21H22N4O3S2.C19H15N3O4S.C19H14N2O3S.C14H12N2O2S.C14H11NO2S.ClH/c1-13(2)25-19(26)17(29-21(25)27)12-14-8-9-18(28-14)30-20-23-15-6-3-4-7-16(15)24(20)11-5-10-22;1-21-17(23)13(18(24)22(2)19(21)25)10-12-7-8-16(26-12)27-15-9-11-5-3-4-6-14(11)20-15;1-11-8-16(22)14(19(23)20-11)10-13-6-7-18(24-13)25-17-9-12-4-2-3-5-15(12)21-17;1-9(17)12-7-8-13(18-12)19-14-15-10-5-3-4-6-11(10)16(14)2;1-9(16)12-6-7-14(17-12)18-13-8-10-4-2-3-5-11(10)15-13;/h3-4,6-9,12-13H,5,10-11,22H2,1-2H3;3-8,10H,9H2,1-2H3;2-7,10H,1,8-9H2,(H,20,23);3-8H,1-2H3;2-7H,8H2,1H3;1H/b17-12-;;14-10+;;;. The van der Waals surface area contributed by atoms with E-state index in [4.69, 9.17) is 32.8 Å². The minimum atomic E-state index is -0.656. The molecule has 0 unspecified atom stereocenters. The van der Waals surface area contributed by atoms with Crippen LogP contribution in [-0.2, 0) is 56.8 Å². The maximum atomic E-state index is 12.4. The second kappa shape index (κ2) is 38.4. The largest absolute Gasteiger partial charge is 0.450 e. The first-order valence-corrected chi connectivity index (χ1v) is 42.0. The van der Waals surface area contributed by atoms with Crippen LogP contribution >= 0.6 is 83.0 Å². The summed E-state index contributed by atoms with van der Waals surface area (Å²) in [6.07, 6.45) is 7.77. The number of Topliss-reactive ketones (excluding diaryl/α,β-unsaturated/α-hetero) is 3. The number of aliphatic imine (C=N–C) groups is 3. The zero-order chi connectivity index (χ0) is 83.7. The average molecular weight is 1740 g/mol. The summed E-state index contributed by atoms with van der Waals surface area (Å²) in [5.74, 6) is -0.284. The minimum absolute atomic E-state index is 0. The number of piperidine rings is 1. The molecule has 120 heavy (non-hydrogen) atoms. The number of imidazole rings is 2. The maximum Gasteiger partial charge on any atom is 0.333 e. The summed E-state index contributed by atoms with van der Waals surface area (Å²) in [4.78, 5) is 133.